The van der Waals surface area contributed by atoms with E-state index in [0.29, 0.717) is 51.0 Å². The van der Waals surface area contributed by atoms with Crippen molar-refractivity contribution in [3.8, 4) is 22.4 Å². The third-order valence-corrected chi connectivity index (χ3v) is 9.34. The molecule has 0 aliphatic carbocycles. The van der Waals surface area contributed by atoms with Crippen LogP contribution < -0.4 is 0 Å². The lowest BCUT2D eigenvalue weighted by Gasteiger charge is -2.23. The van der Waals surface area contributed by atoms with Crippen LogP contribution in [0.3, 0.4) is 0 Å². The van der Waals surface area contributed by atoms with Crippen molar-refractivity contribution in [3.63, 3.8) is 0 Å². The number of furan rings is 2. The standard InChI is InChI=1S/C42H44N2O2/c1-22(2)27-16-29(23(3)4)40(30(17-27)24(5)6)26-12-14-35-31(15-26)32-18-37-33(19-36(32)45-35)39-25(7)11-13-28(41(39)46-37)34-20-38(42(8,9)10)44-21-43-34/h11-24H,1-10H3/i7D3. The number of hydrogen-bond acceptors (Lipinski definition) is 4. The summed E-state index contributed by atoms with van der Waals surface area (Å²) in [5, 5.41) is 3.18. The molecule has 0 fully saturated rings. The Hall–Kier alpha value is -4.44. The lowest BCUT2D eigenvalue weighted by atomic mass is 9.81. The summed E-state index contributed by atoms with van der Waals surface area (Å²) in [5.74, 6) is 1.15. The second-order valence-electron chi connectivity index (χ2n) is 14.7. The van der Waals surface area contributed by atoms with E-state index in [4.69, 9.17) is 12.9 Å². The van der Waals surface area contributed by atoms with Gasteiger partial charge in [-0.1, -0.05) is 86.6 Å². The average Bonchev–Trinajstić information content (AvgIpc) is 3.58. The third kappa shape index (κ3) is 4.90. The molecule has 0 unspecified atom stereocenters. The number of benzene rings is 4. The second kappa shape index (κ2) is 10.8. The quantitative estimate of drug-likeness (QED) is 0.194. The fraction of sp³-hybridized carbons (Fsp3) is 0.333. The first-order valence-electron chi connectivity index (χ1n) is 17.9. The molecule has 4 nitrogen and oxygen atoms in total. The molecule has 4 heteroatoms. The molecule has 46 heavy (non-hydrogen) atoms. The first-order valence-corrected chi connectivity index (χ1v) is 16.4. The van der Waals surface area contributed by atoms with Gasteiger partial charge in [-0.15, -0.1) is 0 Å². The van der Waals surface area contributed by atoms with E-state index in [9.17, 15) is 0 Å². The molecule has 0 saturated heterocycles. The van der Waals surface area contributed by atoms with Crippen LogP contribution in [0.5, 0.6) is 0 Å². The molecule has 234 valence electrons. The topological polar surface area (TPSA) is 52.1 Å². The van der Waals surface area contributed by atoms with Gasteiger partial charge in [0.15, 0.2) is 0 Å². The van der Waals surface area contributed by atoms with Crippen LogP contribution in [0.2, 0.25) is 0 Å². The van der Waals surface area contributed by atoms with Crippen molar-refractivity contribution in [3.05, 3.63) is 94.9 Å². The van der Waals surface area contributed by atoms with Crippen LogP contribution >= 0.6 is 0 Å². The summed E-state index contributed by atoms with van der Waals surface area (Å²) in [4.78, 5) is 9.08. The highest BCUT2D eigenvalue weighted by Crippen LogP contribution is 2.44. The fourth-order valence-corrected chi connectivity index (χ4v) is 6.71. The summed E-state index contributed by atoms with van der Waals surface area (Å²) in [5.41, 5.74) is 11.4. The van der Waals surface area contributed by atoms with Crippen molar-refractivity contribution in [2.75, 3.05) is 0 Å². The van der Waals surface area contributed by atoms with Gasteiger partial charge in [0.2, 0.25) is 0 Å². The minimum absolute atomic E-state index is 0.184. The summed E-state index contributed by atoms with van der Waals surface area (Å²) in [6, 6.07) is 20.6. The molecule has 4 aromatic carbocycles. The lowest BCUT2D eigenvalue weighted by Crippen LogP contribution is -2.13. The van der Waals surface area contributed by atoms with Gasteiger partial charge in [-0.2, -0.15) is 0 Å². The Kier molecular flexibility index (Phi) is 6.30. The van der Waals surface area contributed by atoms with Gasteiger partial charge < -0.3 is 8.83 Å². The maximum Gasteiger partial charge on any atom is 0.145 e. The molecule has 0 bridgehead atoms. The number of aryl methyl sites for hydroxylation is 1. The lowest BCUT2D eigenvalue weighted by molar-refractivity contribution is 0.567. The van der Waals surface area contributed by atoms with Crippen molar-refractivity contribution in [1.29, 1.82) is 0 Å². The van der Waals surface area contributed by atoms with Crippen LogP contribution in [0.15, 0.2) is 75.8 Å². The van der Waals surface area contributed by atoms with Crippen LogP contribution in [-0.2, 0) is 5.41 Å². The fourth-order valence-electron chi connectivity index (χ4n) is 6.71. The minimum atomic E-state index is -2.35. The SMILES string of the molecule is [2H]C([2H])([2H])c1ccc(-c2cc(C(C)(C)C)ncn2)c2oc3cc4c(cc3c12)oc1ccc(-c2c(C(C)C)cc(C(C)C)cc2C(C)C)cc14. The molecule has 0 radical (unpaired) electrons. The normalized spacial score (nSPS) is 14.0. The highest BCUT2D eigenvalue weighted by molar-refractivity contribution is 6.17. The zero-order chi connectivity index (χ0) is 35.2. The number of aromatic nitrogens is 2. The van der Waals surface area contributed by atoms with Crippen LogP contribution in [0.25, 0.3) is 66.3 Å². The van der Waals surface area contributed by atoms with Crippen LogP contribution in [0.1, 0.15) is 112 Å². The molecule has 3 aromatic heterocycles. The molecule has 7 rings (SSSR count). The highest BCUT2D eigenvalue weighted by atomic mass is 16.3. The van der Waals surface area contributed by atoms with Crippen molar-refractivity contribution in [1.82, 2.24) is 9.97 Å². The van der Waals surface area contributed by atoms with Gasteiger partial charge in [-0.05, 0) is 94.4 Å². The molecule has 0 aliphatic rings. The Morgan fingerprint density at radius 3 is 2.00 bits per heavy atom. The molecule has 0 aliphatic heterocycles. The van der Waals surface area contributed by atoms with E-state index in [-0.39, 0.29) is 11.0 Å². The van der Waals surface area contributed by atoms with Crippen molar-refractivity contribution in [2.24, 2.45) is 0 Å². The van der Waals surface area contributed by atoms with E-state index >= 15 is 0 Å². The first kappa shape index (κ1) is 26.7. The Morgan fingerprint density at radius 2 is 1.35 bits per heavy atom. The zero-order valence-electron chi connectivity index (χ0n) is 31.3. The van der Waals surface area contributed by atoms with E-state index < -0.39 is 6.85 Å². The van der Waals surface area contributed by atoms with Crippen LogP contribution in [-0.4, -0.2) is 9.97 Å². The van der Waals surface area contributed by atoms with Gasteiger partial charge in [-0.3, -0.25) is 0 Å². The Balaban J connectivity index is 1.49. The maximum atomic E-state index is 8.39. The summed E-state index contributed by atoms with van der Waals surface area (Å²) >= 11 is 0. The summed E-state index contributed by atoms with van der Waals surface area (Å²) < 4.78 is 38.3. The molecule has 0 spiro atoms. The molecule has 7 aromatic rings. The molecule has 3 heterocycles. The van der Waals surface area contributed by atoms with Gasteiger partial charge in [0.1, 0.15) is 28.7 Å². The maximum absolute atomic E-state index is 8.39. The Labute approximate surface area is 276 Å². The summed E-state index contributed by atoms with van der Waals surface area (Å²) in [6.45, 7) is 17.5. The van der Waals surface area contributed by atoms with E-state index in [1.54, 1.807) is 18.5 Å². The third-order valence-electron chi connectivity index (χ3n) is 9.34. The predicted molar refractivity (Wildman–Crippen MR) is 193 cm³/mol. The van der Waals surface area contributed by atoms with Gasteiger partial charge in [0, 0.05) is 42.3 Å². The smallest absolute Gasteiger partial charge is 0.145 e. The summed E-state index contributed by atoms with van der Waals surface area (Å²) in [6.07, 6.45) is 1.56. The first-order chi connectivity index (χ1) is 23.0. The van der Waals surface area contributed by atoms with Crippen molar-refractivity contribution >= 4 is 43.9 Å². The minimum Gasteiger partial charge on any atom is -0.456 e. The Bertz CT molecular complexity index is 2370. The molecular formula is C42H44N2O2. The zero-order valence-corrected chi connectivity index (χ0v) is 28.3. The molecule has 0 atom stereocenters. The van der Waals surface area contributed by atoms with E-state index in [0.717, 1.165) is 33.2 Å². The van der Waals surface area contributed by atoms with Gasteiger partial charge in [-0.25, -0.2) is 9.97 Å². The highest BCUT2D eigenvalue weighted by Gasteiger charge is 2.23. The van der Waals surface area contributed by atoms with Gasteiger partial charge in [0.25, 0.3) is 0 Å². The van der Waals surface area contributed by atoms with Crippen molar-refractivity contribution < 1.29 is 12.9 Å². The largest absolute Gasteiger partial charge is 0.456 e. The molecule has 0 saturated carbocycles. The van der Waals surface area contributed by atoms with Gasteiger partial charge >= 0.3 is 0 Å². The number of nitrogens with zero attached hydrogens (tertiary/aromatic N) is 2. The van der Waals surface area contributed by atoms with Crippen LogP contribution in [0.4, 0.5) is 0 Å². The number of rotatable bonds is 5. The van der Waals surface area contributed by atoms with Crippen molar-refractivity contribution in [2.45, 2.75) is 92.3 Å². The predicted octanol–water partition coefficient (Wildman–Crippen LogP) is 12.6. The molecule has 0 amide bonds. The number of fused-ring (bicyclic) bond motifs is 6. The average molecular weight is 612 g/mol. The monoisotopic (exact) mass is 611 g/mol. The van der Waals surface area contributed by atoms with E-state index in [1.807, 2.05) is 18.2 Å². The molecule has 0 N–H and O–H groups in total. The van der Waals surface area contributed by atoms with Crippen LogP contribution in [0, 0.1) is 6.85 Å². The summed E-state index contributed by atoms with van der Waals surface area (Å²) in [7, 11) is 0. The Morgan fingerprint density at radius 1 is 0.674 bits per heavy atom. The second-order valence-corrected chi connectivity index (χ2v) is 14.7. The number of hydrogen-bond donors (Lipinski definition) is 0. The molecular weight excluding hydrogens is 564 g/mol. The van der Waals surface area contributed by atoms with E-state index in [1.165, 1.54) is 22.3 Å². The van der Waals surface area contributed by atoms with Gasteiger partial charge in [0.05, 0.1) is 5.69 Å². The van der Waals surface area contributed by atoms with E-state index in [2.05, 4.69) is 103 Å².